The summed E-state index contributed by atoms with van der Waals surface area (Å²) in [7, 11) is 2.41. The lowest BCUT2D eigenvalue weighted by Gasteiger charge is -2.25. The second kappa shape index (κ2) is 7.12. The molecule has 0 amide bonds. The third-order valence-electron chi connectivity index (χ3n) is 4.54. The molecule has 2 rings (SSSR count). The Hall–Kier alpha value is -1.94. The van der Waals surface area contributed by atoms with Crippen LogP contribution in [-0.4, -0.2) is 33.5 Å². The van der Waals surface area contributed by atoms with Crippen LogP contribution in [0.25, 0.3) is 0 Å². The normalized spacial score (nSPS) is 12.1. The van der Waals surface area contributed by atoms with Crippen LogP contribution >= 0.6 is 0 Å². The van der Waals surface area contributed by atoms with E-state index in [9.17, 15) is 5.11 Å². The third-order valence-corrected chi connectivity index (χ3v) is 7.30. The van der Waals surface area contributed by atoms with Gasteiger partial charge in [-0.3, -0.25) is 0 Å². The topological polar surface area (TPSA) is 32.7 Å². The van der Waals surface area contributed by atoms with Crippen molar-refractivity contribution in [1.82, 2.24) is 0 Å². The average molecular weight is 358 g/mol. The number of aromatic hydroxyl groups is 1. The van der Waals surface area contributed by atoms with Gasteiger partial charge in [0.15, 0.2) is 0 Å². The molecule has 2 aromatic carbocycles. The highest BCUT2D eigenvalue weighted by Crippen LogP contribution is 2.33. The maximum Gasteiger partial charge on any atom is 0.124 e. The smallest absolute Gasteiger partial charge is 0.124 e. The van der Waals surface area contributed by atoms with Crippen molar-refractivity contribution in [2.45, 2.75) is 39.3 Å². The minimum atomic E-state index is -1.70. The minimum absolute atomic E-state index is 0.113. The van der Waals surface area contributed by atoms with Crippen LogP contribution in [-0.2, 0) is 5.41 Å². The zero-order valence-electron chi connectivity index (χ0n) is 16.6. The van der Waals surface area contributed by atoms with Crippen molar-refractivity contribution in [1.29, 1.82) is 0 Å². The van der Waals surface area contributed by atoms with Gasteiger partial charge in [0.2, 0.25) is 0 Å². The summed E-state index contributed by atoms with van der Waals surface area (Å²) in [5.41, 5.74) is 2.01. The summed E-state index contributed by atoms with van der Waals surface area (Å²) >= 11 is 0. The molecule has 0 atom stereocenters. The van der Waals surface area contributed by atoms with Crippen molar-refractivity contribution >= 4 is 18.9 Å². The van der Waals surface area contributed by atoms with Crippen LogP contribution in [0.3, 0.4) is 0 Å². The quantitative estimate of drug-likeness (QED) is 0.810. The van der Waals surface area contributed by atoms with Crippen molar-refractivity contribution in [3.8, 4) is 11.5 Å². The Labute approximate surface area is 153 Å². The van der Waals surface area contributed by atoms with Gasteiger partial charge in [-0.05, 0) is 35.7 Å². The molecule has 0 aromatic heterocycles. The van der Waals surface area contributed by atoms with Gasteiger partial charge in [-0.15, -0.1) is 0 Å². The minimum Gasteiger partial charge on any atom is -0.508 e. The van der Waals surface area contributed by atoms with Gasteiger partial charge in [-0.1, -0.05) is 51.2 Å². The first-order valence-corrected chi connectivity index (χ1v) is 12.0. The van der Waals surface area contributed by atoms with Crippen LogP contribution in [0, 0.1) is 0 Å². The van der Waals surface area contributed by atoms with E-state index in [4.69, 9.17) is 4.74 Å². The van der Waals surface area contributed by atoms with E-state index in [2.05, 4.69) is 77.1 Å². The zero-order valence-corrected chi connectivity index (χ0v) is 17.6. The fraction of sp³-hybridized carbons (Fsp3) is 0.429. The lowest BCUT2D eigenvalue weighted by Crippen LogP contribution is -2.47. The molecule has 0 bridgehead atoms. The Morgan fingerprint density at radius 2 is 1.60 bits per heavy atom. The average Bonchev–Trinajstić information content (AvgIpc) is 2.53. The standard InChI is InChI=1S/C21H31NO2Si/c1-21(2,3)19-14-17(10-13-20(19)23)24-15-25(6,7)18-11-8-16(9-12-18)22(4)5/h8-14,23H,15H2,1-7H3. The van der Waals surface area contributed by atoms with Gasteiger partial charge in [0.1, 0.15) is 19.6 Å². The van der Waals surface area contributed by atoms with E-state index in [1.54, 1.807) is 6.07 Å². The highest BCUT2D eigenvalue weighted by atomic mass is 28.3. The number of rotatable bonds is 5. The van der Waals surface area contributed by atoms with E-state index in [-0.39, 0.29) is 5.41 Å². The van der Waals surface area contributed by atoms with Gasteiger partial charge >= 0.3 is 0 Å². The molecule has 25 heavy (non-hydrogen) atoms. The summed E-state index contributed by atoms with van der Waals surface area (Å²) in [4.78, 5) is 2.11. The molecule has 0 aliphatic rings. The Balaban J connectivity index is 2.14. The summed E-state index contributed by atoms with van der Waals surface area (Å²) in [6, 6.07) is 14.3. The van der Waals surface area contributed by atoms with E-state index in [1.807, 2.05) is 12.1 Å². The Morgan fingerprint density at radius 3 is 2.12 bits per heavy atom. The van der Waals surface area contributed by atoms with Crippen molar-refractivity contribution in [3.05, 3.63) is 48.0 Å². The molecule has 2 aromatic rings. The number of phenols is 1. The highest BCUT2D eigenvalue weighted by molar-refractivity contribution is 6.89. The fourth-order valence-electron chi connectivity index (χ4n) is 2.76. The number of anilines is 1. The molecule has 0 radical (unpaired) electrons. The molecule has 0 unspecified atom stereocenters. The first-order chi connectivity index (χ1) is 11.5. The molecule has 3 nitrogen and oxygen atoms in total. The van der Waals surface area contributed by atoms with Crippen LogP contribution in [0.4, 0.5) is 5.69 Å². The van der Waals surface area contributed by atoms with Crippen molar-refractivity contribution < 1.29 is 9.84 Å². The summed E-state index contributed by atoms with van der Waals surface area (Å²) in [6.07, 6.45) is 0.711. The number of phenolic OH excluding ortho intramolecular Hbond substituents is 1. The first-order valence-electron chi connectivity index (χ1n) is 8.75. The van der Waals surface area contributed by atoms with Gasteiger partial charge in [-0.2, -0.15) is 0 Å². The molecule has 0 saturated heterocycles. The van der Waals surface area contributed by atoms with Crippen molar-refractivity contribution in [3.63, 3.8) is 0 Å². The highest BCUT2D eigenvalue weighted by Gasteiger charge is 2.25. The maximum atomic E-state index is 10.1. The van der Waals surface area contributed by atoms with E-state index in [1.165, 1.54) is 10.9 Å². The SMILES string of the molecule is CN(C)c1ccc([Si](C)(C)COc2ccc(O)c(C(C)(C)C)c2)cc1. The molecule has 0 aliphatic carbocycles. The number of benzene rings is 2. The summed E-state index contributed by atoms with van der Waals surface area (Å²) in [6.45, 7) is 10.9. The molecule has 0 aliphatic heterocycles. The molecule has 136 valence electrons. The van der Waals surface area contributed by atoms with Crippen LogP contribution in [0.1, 0.15) is 26.3 Å². The fourth-order valence-corrected chi connectivity index (χ4v) is 4.53. The monoisotopic (exact) mass is 357 g/mol. The van der Waals surface area contributed by atoms with Gasteiger partial charge in [0, 0.05) is 25.3 Å². The van der Waals surface area contributed by atoms with Gasteiger partial charge in [0.05, 0.1) is 6.23 Å². The van der Waals surface area contributed by atoms with Crippen LogP contribution < -0.4 is 14.8 Å². The summed E-state index contributed by atoms with van der Waals surface area (Å²) in [5.74, 6) is 1.16. The van der Waals surface area contributed by atoms with E-state index in [0.29, 0.717) is 12.0 Å². The first kappa shape index (κ1) is 19.4. The lowest BCUT2D eigenvalue weighted by molar-refractivity contribution is 0.374. The number of nitrogens with zero attached hydrogens (tertiary/aromatic N) is 1. The van der Waals surface area contributed by atoms with Crippen LogP contribution in [0.2, 0.25) is 13.1 Å². The second-order valence-electron chi connectivity index (χ2n) is 8.54. The summed E-state index contributed by atoms with van der Waals surface area (Å²) in [5, 5.41) is 11.5. The Kier molecular flexibility index (Phi) is 5.52. The molecular formula is C21H31NO2Si. The largest absolute Gasteiger partial charge is 0.508 e. The molecular weight excluding hydrogens is 326 g/mol. The Morgan fingerprint density at radius 1 is 1.00 bits per heavy atom. The van der Waals surface area contributed by atoms with Crippen molar-refractivity contribution in [2.24, 2.45) is 0 Å². The lowest BCUT2D eigenvalue weighted by atomic mass is 9.86. The predicted molar refractivity (Wildman–Crippen MR) is 110 cm³/mol. The number of hydrogen-bond donors (Lipinski definition) is 1. The number of hydrogen-bond acceptors (Lipinski definition) is 3. The third kappa shape index (κ3) is 4.79. The zero-order chi connectivity index (χ0) is 18.8. The number of ether oxygens (including phenoxy) is 1. The maximum absolute atomic E-state index is 10.1. The molecule has 0 spiro atoms. The van der Waals surface area contributed by atoms with E-state index < -0.39 is 8.07 Å². The molecule has 0 heterocycles. The molecule has 4 heteroatoms. The van der Waals surface area contributed by atoms with Gasteiger partial charge in [-0.25, -0.2) is 0 Å². The van der Waals surface area contributed by atoms with E-state index >= 15 is 0 Å². The summed E-state index contributed by atoms with van der Waals surface area (Å²) < 4.78 is 6.13. The van der Waals surface area contributed by atoms with Gasteiger partial charge < -0.3 is 14.7 Å². The second-order valence-corrected chi connectivity index (χ2v) is 13.2. The molecule has 1 N–H and O–H groups in total. The van der Waals surface area contributed by atoms with Crippen molar-refractivity contribution in [2.75, 3.05) is 25.2 Å². The van der Waals surface area contributed by atoms with Gasteiger partial charge in [0.25, 0.3) is 0 Å². The molecule has 0 fully saturated rings. The predicted octanol–water partition coefficient (Wildman–Crippen LogP) is 4.29. The Bertz CT molecular complexity index is 716. The van der Waals surface area contributed by atoms with Crippen LogP contribution in [0.15, 0.2) is 42.5 Å². The molecule has 0 saturated carbocycles. The van der Waals surface area contributed by atoms with E-state index in [0.717, 1.165) is 11.3 Å². The van der Waals surface area contributed by atoms with Crippen LogP contribution in [0.5, 0.6) is 11.5 Å².